The first kappa shape index (κ1) is 10.9. The second-order valence-corrected chi connectivity index (χ2v) is 5.36. The van der Waals surface area contributed by atoms with Crippen LogP contribution in [0.5, 0.6) is 5.75 Å². The van der Waals surface area contributed by atoms with Crippen molar-refractivity contribution in [3.05, 3.63) is 23.3 Å². The highest BCUT2D eigenvalue weighted by Gasteiger charge is 2.31. The molecule has 2 heterocycles. The molecule has 2 aliphatic rings. The minimum absolute atomic E-state index is 0.214. The van der Waals surface area contributed by atoms with Crippen molar-refractivity contribution in [3.8, 4) is 5.75 Å². The van der Waals surface area contributed by atoms with E-state index in [1.807, 2.05) is 0 Å². The van der Waals surface area contributed by atoms with Crippen LogP contribution in [0.2, 0.25) is 0 Å². The van der Waals surface area contributed by atoms with E-state index in [0.29, 0.717) is 5.92 Å². The Morgan fingerprint density at radius 3 is 3.12 bits per heavy atom. The third kappa shape index (κ3) is 1.69. The van der Waals surface area contributed by atoms with E-state index in [0.717, 1.165) is 31.9 Å². The average Bonchev–Trinajstić information content (AvgIpc) is 2.82. The molecule has 0 spiro atoms. The summed E-state index contributed by atoms with van der Waals surface area (Å²) in [5.74, 6) is 1.68. The molecule has 92 valence electrons. The van der Waals surface area contributed by atoms with Gasteiger partial charge in [0.1, 0.15) is 5.75 Å². The summed E-state index contributed by atoms with van der Waals surface area (Å²) in [6.07, 6.45) is 1.04. The lowest BCUT2D eigenvalue weighted by Crippen LogP contribution is -2.35. The number of rotatable bonds is 2. The van der Waals surface area contributed by atoms with Crippen molar-refractivity contribution in [3.63, 3.8) is 0 Å². The molecule has 1 aromatic rings. The van der Waals surface area contributed by atoms with Gasteiger partial charge in [-0.2, -0.15) is 0 Å². The minimum atomic E-state index is 0.214. The summed E-state index contributed by atoms with van der Waals surface area (Å²) in [5, 5.41) is 0. The lowest BCUT2D eigenvalue weighted by Gasteiger charge is -2.23. The molecule has 17 heavy (non-hydrogen) atoms. The van der Waals surface area contributed by atoms with Gasteiger partial charge in [0.25, 0.3) is 0 Å². The largest absolute Gasteiger partial charge is 0.493 e. The highest BCUT2D eigenvalue weighted by Crippen LogP contribution is 2.44. The van der Waals surface area contributed by atoms with Crippen LogP contribution >= 0.6 is 0 Å². The molecule has 0 aliphatic carbocycles. The first-order valence-corrected chi connectivity index (χ1v) is 6.46. The lowest BCUT2D eigenvalue weighted by molar-refractivity contribution is 0.357. The quantitative estimate of drug-likeness (QED) is 0.846. The van der Waals surface area contributed by atoms with Crippen molar-refractivity contribution in [2.45, 2.75) is 32.2 Å². The monoisotopic (exact) mass is 232 g/mol. The topological polar surface area (TPSA) is 38.5 Å². The van der Waals surface area contributed by atoms with Gasteiger partial charge in [0.05, 0.1) is 6.61 Å². The van der Waals surface area contributed by atoms with Gasteiger partial charge in [-0.3, -0.25) is 0 Å². The molecule has 0 saturated carbocycles. The van der Waals surface area contributed by atoms with Crippen LogP contribution in [0.15, 0.2) is 12.1 Å². The number of hydrogen-bond acceptors (Lipinski definition) is 3. The fourth-order valence-corrected chi connectivity index (χ4v) is 3.08. The molecular formula is C14H20N2O. The summed E-state index contributed by atoms with van der Waals surface area (Å²) >= 11 is 0. The number of hydrogen-bond donors (Lipinski definition) is 1. The maximum atomic E-state index is 5.95. The second kappa shape index (κ2) is 3.91. The first-order chi connectivity index (χ1) is 8.16. The van der Waals surface area contributed by atoms with Crippen LogP contribution in [0.4, 0.5) is 5.69 Å². The van der Waals surface area contributed by atoms with Gasteiger partial charge >= 0.3 is 0 Å². The van der Waals surface area contributed by atoms with Gasteiger partial charge in [-0.05, 0) is 18.6 Å². The van der Waals surface area contributed by atoms with E-state index in [2.05, 4.69) is 30.9 Å². The van der Waals surface area contributed by atoms with Gasteiger partial charge in [-0.1, -0.05) is 13.0 Å². The number of ether oxygens (including phenoxy) is 1. The van der Waals surface area contributed by atoms with E-state index >= 15 is 0 Å². The van der Waals surface area contributed by atoms with Crippen LogP contribution in [0.1, 0.15) is 30.9 Å². The SMILES string of the molecule is CC1CN(C[C@H](C)N)c2c1ccc1c2CCO1. The van der Waals surface area contributed by atoms with E-state index in [4.69, 9.17) is 10.5 Å². The van der Waals surface area contributed by atoms with E-state index < -0.39 is 0 Å². The molecule has 1 unspecified atom stereocenters. The van der Waals surface area contributed by atoms with Crippen molar-refractivity contribution in [2.24, 2.45) is 5.73 Å². The van der Waals surface area contributed by atoms with Crippen molar-refractivity contribution >= 4 is 5.69 Å². The Morgan fingerprint density at radius 1 is 1.53 bits per heavy atom. The highest BCUT2D eigenvalue weighted by molar-refractivity contribution is 5.69. The summed E-state index contributed by atoms with van der Waals surface area (Å²) < 4.78 is 5.65. The standard InChI is InChI=1S/C14H20N2O/c1-9-7-16(8-10(2)15)14-11(9)3-4-13-12(14)5-6-17-13/h3-4,9-10H,5-8,15H2,1-2H3/t9?,10-/m0/s1. The van der Waals surface area contributed by atoms with Gasteiger partial charge < -0.3 is 15.4 Å². The van der Waals surface area contributed by atoms with E-state index in [9.17, 15) is 0 Å². The van der Waals surface area contributed by atoms with Crippen LogP contribution in [0.3, 0.4) is 0 Å². The van der Waals surface area contributed by atoms with E-state index in [1.165, 1.54) is 16.8 Å². The third-order valence-corrected chi connectivity index (χ3v) is 3.73. The maximum absolute atomic E-state index is 5.95. The normalized spacial score (nSPS) is 23.2. The molecule has 0 bridgehead atoms. The van der Waals surface area contributed by atoms with Crippen molar-refractivity contribution in [1.29, 1.82) is 0 Å². The minimum Gasteiger partial charge on any atom is -0.493 e. The van der Waals surface area contributed by atoms with E-state index in [-0.39, 0.29) is 6.04 Å². The molecule has 0 radical (unpaired) electrons. The first-order valence-electron chi connectivity index (χ1n) is 6.46. The summed E-state index contributed by atoms with van der Waals surface area (Å²) in [4.78, 5) is 2.44. The zero-order chi connectivity index (χ0) is 12.0. The molecular weight excluding hydrogens is 212 g/mol. The maximum Gasteiger partial charge on any atom is 0.124 e. The Bertz CT molecular complexity index is 440. The van der Waals surface area contributed by atoms with Gasteiger partial charge in [-0.25, -0.2) is 0 Å². The number of nitrogens with zero attached hydrogens (tertiary/aromatic N) is 1. The molecule has 2 N–H and O–H groups in total. The predicted molar refractivity (Wildman–Crippen MR) is 69.9 cm³/mol. The molecule has 3 heteroatoms. The van der Waals surface area contributed by atoms with Gasteiger partial charge in [0.15, 0.2) is 0 Å². The molecule has 2 atom stereocenters. The Labute approximate surface area is 103 Å². The van der Waals surface area contributed by atoms with Crippen molar-refractivity contribution in [2.75, 3.05) is 24.6 Å². The van der Waals surface area contributed by atoms with Crippen LogP contribution in [0, 0.1) is 0 Å². The predicted octanol–water partition coefficient (Wildman–Crippen LogP) is 1.89. The van der Waals surface area contributed by atoms with Gasteiger partial charge in [0, 0.05) is 42.7 Å². The average molecular weight is 232 g/mol. The molecule has 0 fully saturated rings. The fraction of sp³-hybridized carbons (Fsp3) is 0.571. The Morgan fingerprint density at radius 2 is 2.35 bits per heavy atom. The molecule has 0 amide bonds. The highest BCUT2D eigenvalue weighted by atomic mass is 16.5. The second-order valence-electron chi connectivity index (χ2n) is 5.36. The van der Waals surface area contributed by atoms with Gasteiger partial charge in [-0.15, -0.1) is 0 Å². The summed E-state index contributed by atoms with van der Waals surface area (Å²) in [6.45, 7) is 7.22. The summed E-state index contributed by atoms with van der Waals surface area (Å²) in [6, 6.07) is 4.57. The zero-order valence-corrected chi connectivity index (χ0v) is 10.6. The van der Waals surface area contributed by atoms with E-state index in [1.54, 1.807) is 0 Å². The van der Waals surface area contributed by atoms with Crippen LogP contribution < -0.4 is 15.4 Å². The molecule has 0 aromatic heterocycles. The number of benzene rings is 1. The van der Waals surface area contributed by atoms with Crippen LogP contribution in [0.25, 0.3) is 0 Å². The zero-order valence-electron chi connectivity index (χ0n) is 10.6. The van der Waals surface area contributed by atoms with Crippen molar-refractivity contribution < 1.29 is 4.74 Å². The summed E-state index contributed by atoms with van der Waals surface area (Å²) in [7, 11) is 0. The van der Waals surface area contributed by atoms with Crippen molar-refractivity contribution in [1.82, 2.24) is 0 Å². The van der Waals surface area contributed by atoms with Crippen LogP contribution in [-0.4, -0.2) is 25.7 Å². The molecule has 3 rings (SSSR count). The molecule has 3 nitrogen and oxygen atoms in total. The Hall–Kier alpha value is -1.22. The molecule has 0 saturated heterocycles. The fourth-order valence-electron chi connectivity index (χ4n) is 3.08. The smallest absolute Gasteiger partial charge is 0.124 e. The van der Waals surface area contributed by atoms with Gasteiger partial charge in [0.2, 0.25) is 0 Å². The Balaban J connectivity index is 2.04. The Kier molecular flexibility index (Phi) is 2.51. The number of anilines is 1. The summed E-state index contributed by atoms with van der Waals surface area (Å²) in [5.41, 5.74) is 10.2. The number of nitrogens with two attached hydrogens (primary N) is 1. The molecule has 1 aromatic carbocycles. The number of fused-ring (bicyclic) bond motifs is 3. The van der Waals surface area contributed by atoms with Crippen LogP contribution in [-0.2, 0) is 6.42 Å². The third-order valence-electron chi connectivity index (χ3n) is 3.73. The molecule has 2 aliphatic heterocycles. The lowest BCUT2D eigenvalue weighted by atomic mass is 9.99.